The van der Waals surface area contributed by atoms with Gasteiger partial charge in [0.05, 0.1) is 12.2 Å². The normalized spacial score (nSPS) is 29.5. The summed E-state index contributed by atoms with van der Waals surface area (Å²) in [7, 11) is 0. The number of nitrogens with zero attached hydrogens (tertiary/aromatic N) is 2. The number of hydrogen-bond donors (Lipinski definition) is 0. The van der Waals surface area contributed by atoms with Crippen LogP contribution in [0.5, 0.6) is 0 Å². The van der Waals surface area contributed by atoms with E-state index in [0.717, 1.165) is 18.9 Å². The number of aromatic nitrogens is 1. The van der Waals surface area contributed by atoms with Gasteiger partial charge in [0.25, 0.3) is 0 Å². The molecule has 3 nitrogen and oxygen atoms in total. The second-order valence-electron chi connectivity index (χ2n) is 4.56. The summed E-state index contributed by atoms with van der Waals surface area (Å²) in [5.74, 6) is 1.10. The zero-order valence-electron chi connectivity index (χ0n) is 9.02. The SMILES string of the molecule is Cc1ccc(N2CC3CCC(C2)O3)nc1. The van der Waals surface area contributed by atoms with E-state index in [2.05, 4.69) is 28.9 Å². The molecular formula is C12H16N2O. The Labute approximate surface area is 90.1 Å². The van der Waals surface area contributed by atoms with Crippen molar-refractivity contribution in [1.29, 1.82) is 0 Å². The van der Waals surface area contributed by atoms with E-state index >= 15 is 0 Å². The van der Waals surface area contributed by atoms with Crippen molar-refractivity contribution in [3.63, 3.8) is 0 Å². The van der Waals surface area contributed by atoms with Crippen molar-refractivity contribution < 1.29 is 4.74 Å². The van der Waals surface area contributed by atoms with Gasteiger partial charge in [0.1, 0.15) is 5.82 Å². The number of fused-ring (bicyclic) bond motifs is 2. The van der Waals surface area contributed by atoms with Gasteiger partial charge in [-0.25, -0.2) is 4.98 Å². The molecule has 2 unspecified atom stereocenters. The van der Waals surface area contributed by atoms with Crippen LogP contribution in [-0.2, 0) is 4.74 Å². The van der Waals surface area contributed by atoms with Crippen molar-refractivity contribution in [3.8, 4) is 0 Å². The summed E-state index contributed by atoms with van der Waals surface area (Å²) < 4.78 is 5.80. The smallest absolute Gasteiger partial charge is 0.128 e. The summed E-state index contributed by atoms with van der Waals surface area (Å²) >= 11 is 0. The Hall–Kier alpha value is -1.09. The molecule has 1 aromatic heterocycles. The van der Waals surface area contributed by atoms with Gasteiger partial charge in [0, 0.05) is 19.3 Å². The maximum atomic E-state index is 5.80. The maximum Gasteiger partial charge on any atom is 0.128 e. The second-order valence-corrected chi connectivity index (χ2v) is 4.56. The minimum atomic E-state index is 0.437. The van der Waals surface area contributed by atoms with E-state index < -0.39 is 0 Å². The summed E-state index contributed by atoms with van der Waals surface area (Å²) in [5, 5.41) is 0. The molecule has 3 rings (SSSR count). The summed E-state index contributed by atoms with van der Waals surface area (Å²) in [6.45, 7) is 4.08. The van der Waals surface area contributed by atoms with Crippen LogP contribution in [0, 0.1) is 6.92 Å². The summed E-state index contributed by atoms with van der Waals surface area (Å²) in [5.41, 5.74) is 1.22. The monoisotopic (exact) mass is 204 g/mol. The zero-order chi connectivity index (χ0) is 10.3. The Kier molecular flexibility index (Phi) is 2.13. The average molecular weight is 204 g/mol. The fraction of sp³-hybridized carbons (Fsp3) is 0.583. The van der Waals surface area contributed by atoms with Gasteiger partial charge in [-0.15, -0.1) is 0 Å². The van der Waals surface area contributed by atoms with Crippen LogP contribution in [0.1, 0.15) is 18.4 Å². The molecule has 3 heteroatoms. The minimum Gasteiger partial charge on any atom is -0.371 e. The molecule has 0 amide bonds. The quantitative estimate of drug-likeness (QED) is 0.697. The Bertz CT molecular complexity index is 337. The van der Waals surface area contributed by atoms with Gasteiger partial charge in [-0.05, 0) is 31.4 Å². The van der Waals surface area contributed by atoms with Crippen molar-refractivity contribution >= 4 is 5.82 Å². The van der Waals surface area contributed by atoms with E-state index in [1.54, 1.807) is 0 Å². The van der Waals surface area contributed by atoms with Gasteiger partial charge in [-0.3, -0.25) is 0 Å². The van der Waals surface area contributed by atoms with Gasteiger partial charge in [0.15, 0.2) is 0 Å². The van der Waals surface area contributed by atoms with E-state index in [9.17, 15) is 0 Å². The first kappa shape index (κ1) is 9.16. The Morgan fingerprint density at radius 2 is 2.00 bits per heavy atom. The maximum absolute atomic E-state index is 5.80. The topological polar surface area (TPSA) is 25.4 Å². The molecule has 2 aliphatic rings. The van der Waals surface area contributed by atoms with Gasteiger partial charge >= 0.3 is 0 Å². The molecule has 2 aliphatic heterocycles. The van der Waals surface area contributed by atoms with Gasteiger partial charge in [0.2, 0.25) is 0 Å². The molecule has 80 valence electrons. The molecular weight excluding hydrogens is 188 g/mol. The lowest BCUT2D eigenvalue weighted by molar-refractivity contribution is 0.0302. The van der Waals surface area contributed by atoms with Crippen LogP contribution in [0.15, 0.2) is 18.3 Å². The first-order valence-corrected chi connectivity index (χ1v) is 5.64. The van der Waals surface area contributed by atoms with Gasteiger partial charge in [-0.1, -0.05) is 6.07 Å². The summed E-state index contributed by atoms with van der Waals surface area (Å²) in [6.07, 6.45) is 5.24. The molecule has 3 heterocycles. The second kappa shape index (κ2) is 3.49. The number of aryl methyl sites for hydroxylation is 1. The van der Waals surface area contributed by atoms with Crippen LogP contribution in [0.4, 0.5) is 5.82 Å². The Morgan fingerprint density at radius 3 is 2.60 bits per heavy atom. The number of pyridine rings is 1. The predicted molar refractivity (Wildman–Crippen MR) is 59.1 cm³/mol. The van der Waals surface area contributed by atoms with Gasteiger partial charge < -0.3 is 9.64 Å². The van der Waals surface area contributed by atoms with Crippen LogP contribution in [0.3, 0.4) is 0 Å². The van der Waals surface area contributed by atoms with E-state index in [0.29, 0.717) is 12.2 Å². The molecule has 2 fully saturated rings. The van der Waals surface area contributed by atoms with Crippen molar-refractivity contribution in [2.45, 2.75) is 32.0 Å². The Morgan fingerprint density at radius 1 is 1.27 bits per heavy atom. The number of rotatable bonds is 1. The van der Waals surface area contributed by atoms with E-state index in [1.165, 1.54) is 18.4 Å². The molecule has 0 aromatic carbocycles. The lowest BCUT2D eigenvalue weighted by Gasteiger charge is -2.32. The van der Waals surface area contributed by atoms with E-state index in [4.69, 9.17) is 4.74 Å². The third-order valence-electron chi connectivity index (χ3n) is 3.26. The van der Waals surface area contributed by atoms with Crippen LogP contribution in [-0.4, -0.2) is 30.3 Å². The first-order chi connectivity index (χ1) is 7.31. The lowest BCUT2D eigenvalue weighted by atomic mass is 10.2. The van der Waals surface area contributed by atoms with Crippen LogP contribution >= 0.6 is 0 Å². The molecule has 2 saturated heterocycles. The molecule has 0 saturated carbocycles. The molecule has 2 bridgehead atoms. The largest absolute Gasteiger partial charge is 0.371 e. The van der Waals surface area contributed by atoms with Crippen LogP contribution < -0.4 is 4.90 Å². The van der Waals surface area contributed by atoms with E-state index in [1.807, 2.05) is 6.20 Å². The lowest BCUT2D eigenvalue weighted by Crippen LogP contribution is -2.43. The highest BCUT2D eigenvalue weighted by Gasteiger charge is 2.33. The summed E-state index contributed by atoms with van der Waals surface area (Å²) in [6, 6.07) is 4.24. The number of morpholine rings is 1. The Balaban J connectivity index is 1.80. The minimum absolute atomic E-state index is 0.437. The summed E-state index contributed by atoms with van der Waals surface area (Å²) in [4.78, 5) is 6.82. The molecule has 0 aliphatic carbocycles. The van der Waals surface area contributed by atoms with E-state index in [-0.39, 0.29) is 0 Å². The zero-order valence-corrected chi connectivity index (χ0v) is 9.02. The number of anilines is 1. The molecule has 0 radical (unpaired) electrons. The highest BCUT2D eigenvalue weighted by atomic mass is 16.5. The molecule has 2 atom stereocenters. The standard InChI is InChI=1S/C12H16N2O/c1-9-2-5-12(13-6-9)14-7-10-3-4-11(8-14)15-10/h2,5-6,10-11H,3-4,7-8H2,1H3. The number of ether oxygens (including phenoxy) is 1. The third kappa shape index (κ3) is 1.72. The highest BCUT2D eigenvalue weighted by Crippen LogP contribution is 2.28. The molecule has 0 spiro atoms. The molecule has 15 heavy (non-hydrogen) atoms. The van der Waals surface area contributed by atoms with Crippen molar-refractivity contribution in [1.82, 2.24) is 4.98 Å². The van der Waals surface area contributed by atoms with Gasteiger partial charge in [-0.2, -0.15) is 0 Å². The fourth-order valence-corrected chi connectivity index (χ4v) is 2.45. The van der Waals surface area contributed by atoms with Crippen molar-refractivity contribution in [2.75, 3.05) is 18.0 Å². The predicted octanol–water partition coefficient (Wildman–Crippen LogP) is 1.76. The third-order valence-corrected chi connectivity index (χ3v) is 3.26. The van der Waals surface area contributed by atoms with Crippen molar-refractivity contribution in [2.24, 2.45) is 0 Å². The molecule has 1 aromatic rings. The fourth-order valence-electron chi connectivity index (χ4n) is 2.45. The average Bonchev–Trinajstić information content (AvgIpc) is 2.59. The first-order valence-electron chi connectivity index (χ1n) is 5.64. The van der Waals surface area contributed by atoms with Crippen LogP contribution in [0.2, 0.25) is 0 Å². The van der Waals surface area contributed by atoms with Crippen LogP contribution in [0.25, 0.3) is 0 Å². The molecule has 0 N–H and O–H groups in total. The highest BCUT2D eigenvalue weighted by molar-refractivity contribution is 5.40. The van der Waals surface area contributed by atoms with Crippen molar-refractivity contribution in [3.05, 3.63) is 23.9 Å². The number of hydrogen-bond acceptors (Lipinski definition) is 3.